The number of hydrogen-bond donors (Lipinski definition) is 1. The Morgan fingerprint density at radius 1 is 1.17 bits per heavy atom. The quantitative estimate of drug-likeness (QED) is 0.562. The lowest BCUT2D eigenvalue weighted by molar-refractivity contribution is 0.0951. The summed E-state index contributed by atoms with van der Waals surface area (Å²) in [5.41, 5.74) is 3.08. The van der Waals surface area contributed by atoms with Crippen LogP contribution >= 0.6 is 15.9 Å². The predicted octanol–water partition coefficient (Wildman–Crippen LogP) is 3.43. The second-order valence-corrected chi connectivity index (χ2v) is 8.63. The fraction of sp³-hybridized carbons (Fsp3) is 0.348. The van der Waals surface area contributed by atoms with Crippen LogP contribution in [0.4, 0.5) is 0 Å². The molecular weight excluding hydrogens is 442 g/mol. The number of piperazine rings is 1. The Kier molecular flexibility index (Phi) is 6.72. The number of carbonyl (C=O) groups is 1. The Labute approximate surface area is 185 Å². The van der Waals surface area contributed by atoms with Gasteiger partial charge in [-0.25, -0.2) is 4.98 Å². The average Bonchev–Trinajstić information content (AvgIpc) is 2.77. The average molecular weight is 468 g/mol. The van der Waals surface area contributed by atoms with Crippen LogP contribution in [-0.4, -0.2) is 72.0 Å². The number of hydrogen-bond acceptors (Lipinski definition) is 5. The molecule has 0 saturated carbocycles. The van der Waals surface area contributed by atoms with Crippen molar-refractivity contribution < 1.29 is 4.79 Å². The van der Waals surface area contributed by atoms with E-state index in [-0.39, 0.29) is 5.91 Å². The zero-order valence-corrected chi connectivity index (χ0v) is 18.7. The second kappa shape index (κ2) is 9.64. The van der Waals surface area contributed by atoms with Crippen LogP contribution in [0.2, 0.25) is 0 Å². The van der Waals surface area contributed by atoms with Crippen molar-refractivity contribution in [3.63, 3.8) is 0 Å². The monoisotopic (exact) mass is 467 g/mol. The van der Waals surface area contributed by atoms with Gasteiger partial charge >= 0.3 is 0 Å². The Morgan fingerprint density at radius 2 is 2.00 bits per heavy atom. The number of benzene rings is 1. The summed E-state index contributed by atoms with van der Waals surface area (Å²) >= 11 is 3.51. The summed E-state index contributed by atoms with van der Waals surface area (Å²) in [5, 5.41) is 3.94. The largest absolute Gasteiger partial charge is 0.352 e. The molecule has 0 aliphatic carbocycles. The Morgan fingerprint density at radius 3 is 2.77 bits per heavy atom. The van der Waals surface area contributed by atoms with E-state index in [0.717, 1.165) is 65.8 Å². The van der Waals surface area contributed by atoms with Crippen LogP contribution in [0.5, 0.6) is 0 Å². The van der Waals surface area contributed by atoms with Crippen molar-refractivity contribution in [2.24, 2.45) is 0 Å². The van der Waals surface area contributed by atoms with Gasteiger partial charge in [-0.1, -0.05) is 15.9 Å². The maximum absolute atomic E-state index is 13.1. The van der Waals surface area contributed by atoms with Crippen LogP contribution in [0.15, 0.2) is 53.3 Å². The van der Waals surface area contributed by atoms with E-state index in [4.69, 9.17) is 4.98 Å². The van der Waals surface area contributed by atoms with Crippen molar-refractivity contribution in [1.82, 2.24) is 25.1 Å². The van der Waals surface area contributed by atoms with Gasteiger partial charge in [0.2, 0.25) is 0 Å². The summed E-state index contributed by atoms with van der Waals surface area (Å²) in [7, 11) is 2.16. The third-order valence-electron chi connectivity index (χ3n) is 5.51. The summed E-state index contributed by atoms with van der Waals surface area (Å²) in [6, 6.07) is 11.5. The molecule has 1 aliphatic heterocycles. The molecule has 0 bridgehead atoms. The van der Waals surface area contributed by atoms with Crippen molar-refractivity contribution in [1.29, 1.82) is 0 Å². The molecule has 1 fully saturated rings. The molecule has 1 aromatic carbocycles. The first-order valence-corrected chi connectivity index (χ1v) is 11.1. The highest BCUT2D eigenvalue weighted by Gasteiger charge is 2.16. The number of carbonyl (C=O) groups excluding carboxylic acids is 1. The molecule has 2 aromatic heterocycles. The van der Waals surface area contributed by atoms with Crippen LogP contribution in [0.1, 0.15) is 16.8 Å². The number of fused-ring (bicyclic) bond motifs is 1. The molecule has 0 spiro atoms. The maximum atomic E-state index is 13.1. The van der Waals surface area contributed by atoms with Gasteiger partial charge in [0.1, 0.15) is 0 Å². The van der Waals surface area contributed by atoms with E-state index in [0.29, 0.717) is 12.1 Å². The third kappa shape index (κ3) is 5.03. The van der Waals surface area contributed by atoms with E-state index in [1.165, 1.54) is 0 Å². The number of likely N-dealkylation sites (N-methyl/N-ethyl adjacent to an activating group) is 1. The molecule has 1 aliphatic rings. The fourth-order valence-corrected chi connectivity index (χ4v) is 4.08. The molecule has 4 rings (SSSR count). The van der Waals surface area contributed by atoms with Crippen molar-refractivity contribution in [3.05, 3.63) is 58.8 Å². The molecule has 6 nitrogen and oxygen atoms in total. The van der Waals surface area contributed by atoms with Crippen molar-refractivity contribution in [2.45, 2.75) is 6.42 Å². The van der Waals surface area contributed by atoms with E-state index in [2.05, 4.69) is 43.1 Å². The first kappa shape index (κ1) is 20.9. The number of halogens is 1. The molecule has 3 heterocycles. The summed E-state index contributed by atoms with van der Waals surface area (Å²) in [5.74, 6) is -0.0657. The Hall–Kier alpha value is -2.35. The van der Waals surface area contributed by atoms with Crippen LogP contribution < -0.4 is 5.32 Å². The smallest absolute Gasteiger partial charge is 0.252 e. The Bertz CT molecular complexity index is 1020. The minimum atomic E-state index is -0.0657. The summed E-state index contributed by atoms with van der Waals surface area (Å²) in [6.45, 7) is 6.09. The zero-order valence-electron chi connectivity index (χ0n) is 17.1. The number of pyridine rings is 2. The highest BCUT2D eigenvalue weighted by Crippen LogP contribution is 2.27. The minimum Gasteiger partial charge on any atom is -0.352 e. The molecule has 1 amide bonds. The second-order valence-electron chi connectivity index (χ2n) is 7.71. The lowest BCUT2D eigenvalue weighted by Gasteiger charge is -2.32. The number of nitrogens with one attached hydrogen (secondary N) is 1. The molecule has 0 radical (unpaired) electrons. The number of rotatable bonds is 6. The van der Waals surface area contributed by atoms with E-state index in [9.17, 15) is 4.79 Å². The highest BCUT2D eigenvalue weighted by molar-refractivity contribution is 9.10. The molecule has 0 unspecified atom stereocenters. The van der Waals surface area contributed by atoms with Gasteiger partial charge in [-0.2, -0.15) is 0 Å². The zero-order chi connectivity index (χ0) is 20.9. The van der Waals surface area contributed by atoms with Gasteiger partial charge in [-0.3, -0.25) is 9.78 Å². The number of nitrogens with zero attached hydrogens (tertiary/aromatic N) is 4. The summed E-state index contributed by atoms with van der Waals surface area (Å²) in [6.07, 6.45) is 4.44. The standard InChI is InChI=1S/C23H26BrN5O/c1-28-10-12-29(13-11-28)9-3-8-26-23(30)20-15-22(17-4-2-7-25-16-17)27-21-6-5-18(24)14-19(20)21/h2,4-7,14-16H,3,8-13H2,1H3,(H,26,30). The van der Waals surface area contributed by atoms with Crippen molar-refractivity contribution >= 4 is 32.7 Å². The topological polar surface area (TPSA) is 61.4 Å². The molecule has 156 valence electrons. The van der Waals surface area contributed by atoms with Crippen LogP contribution in [0.3, 0.4) is 0 Å². The Balaban J connectivity index is 1.48. The SMILES string of the molecule is CN1CCN(CCCNC(=O)c2cc(-c3cccnc3)nc3ccc(Br)cc23)CC1. The van der Waals surface area contributed by atoms with E-state index < -0.39 is 0 Å². The summed E-state index contributed by atoms with van der Waals surface area (Å²) < 4.78 is 0.926. The van der Waals surface area contributed by atoms with Crippen LogP contribution in [0.25, 0.3) is 22.2 Å². The third-order valence-corrected chi connectivity index (χ3v) is 6.00. The molecule has 7 heteroatoms. The lowest BCUT2D eigenvalue weighted by Crippen LogP contribution is -2.45. The van der Waals surface area contributed by atoms with Crippen molar-refractivity contribution in [2.75, 3.05) is 46.3 Å². The molecule has 0 atom stereocenters. The lowest BCUT2D eigenvalue weighted by atomic mass is 10.0. The molecule has 30 heavy (non-hydrogen) atoms. The van der Waals surface area contributed by atoms with E-state index >= 15 is 0 Å². The van der Waals surface area contributed by atoms with Crippen molar-refractivity contribution in [3.8, 4) is 11.3 Å². The highest BCUT2D eigenvalue weighted by atomic mass is 79.9. The minimum absolute atomic E-state index is 0.0657. The first-order chi connectivity index (χ1) is 14.6. The molecule has 1 N–H and O–H groups in total. The van der Waals surface area contributed by atoms with E-state index in [1.807, 2.05) is 36.4 Å². The molecule has 3 aromatic rings. The molecule has 1 saturated heterocycles. The van der Waals surface area contributed by atoms with Gasteiger partial charge in [-0.05, 0) is 56.4 Å². The summed E-state index contributed by atoms with van der Waals surface area (Å²) in [4.78, 5) is 26.8. The van der Waals surface area contributed by atoms with Crippen LogP contribution in [0, 0.1) is 0 Å². The number of amides is 1. The fourth-order valence-electron chi connectivity index (χ4n) is 3.72. The van der Waals surface area contributed by atoms with Gasteiger partial charge in [0.25, 0.3) is 5.91 Å². The van der Waals surface area contributed by atoms with Gasteiger partial charge in [0.05, 0.1) is 16.8 Å². The molecular formula is C23H26BrN5O. The maximum Gasteiger partial charge on any atom is 0.252 e. The predicted molar refractivity (Wildman–Crippen MR) is 124 cm³/mol. The normalized spacial score (nSPS) is 15.4. The number of aromatic nitrogens is 2. The van der Waals surface area contributed by atoms with Gasteiger partial charge < -0.3 is 15.1 Å². The first-order valence-electron chi connectivity index (χ1n) is 10.3. The van der Waals surface area contributed by atoms with Crippen LogP contribution in [-0.2, 0) is 0 Å². The van der Waals surface area contributed by atoms with E-state index in [1.54, 1.807) is 12.4 Å². The van der Waals surface area contributed by atoms with Gasteiger partial charge in [0, 0.05) is 60.5 Å². The van der Waals surface area contributed by atoms with Gasteiger partial charge in [0.15, 0.2) is 0 Å². The van der Waals surface area contributed by atoms with Gasteiger partial charge in [-0.15, -0.1) is 0 Å².